The van der Waals surface area contributed by atoms with E-state index in [1.807, 2.05) is 12.1 Å². The van der Waals surface area contributed by atoms with Gasteiger partial charge in [0.1, 0.15) is 5.82 Å². The second-order valence-corrected chi connectivity index (χ2v) is 7.28. The van der Waals surface area contributed by atoms with Crippen LogP contribution >= 0.6 is 0 Å². The van der Waals surface area contributed by atoms with Crippen LogP contribution in [0.25, 0.3) is 22.2 Å². The monoisotopic (exact) mass is 320 g/mol. The summed E-state index contributed by atoms with van der Waals surface area (Å²) in [5.41, 5.74) is 4.65. The third-order valence-corrected chi connectivity index (χ3v) is 5.74. The molecule has 3 heteroatoms. The number of aromatic nitrogens is 1. The standard InChI is InChI=1S/C21H21FN2/c22-15-6-9-18-19(12-15)24-21(13-4-2-1-3-5-13)20(18)14-10-16-7-8-17(11-14)23-16/h1-6,9,12,14,16-17,23-24H,7-8,10-11H2. The maximum absolute atomic E-state index is 13.7. The molecule has 0 amide bonds. The molecule has 0 saturated carbocycles. The predicted molar refractivity (Wildman–Crippen MR) is 95.6 cm³/mol. The first-order valence-electron chi connectivity index (χ1n) is 8.90. The fourth-order valence-corrected chi connectivity index (χ4v) is 4.74. The largest absolute Gasteiger partial charge is 0.354 e. The number of rotatable bonds is 2. The number of aromatic amines is 1. The van der Waals surface area contributed by atoms with Crippen molar-refractivity contribution in [1.29, 1.82) is 0 Å². The van der Waals surface area contributed by atoms with Gasteiger partial charge in [-0.1, -0.05) is 30.3 Å². The second-order valence-electron chi connectivity index (χ2n) is 7.28. The van der Waals surface area contributed by atoms with E-state index in [2.05, 4.69) is 34.6 Å². The first kappa shape index (κ1) is 14.2. The van der Waals surface area contributed by atoms with Crippen molar-refractivity contribution in [2.75, 3.05) is 0 Å². The van der Waals surface area contributed by atoms with Gasteiger partial charge in [-0.3, -0.25) is 0 Å². The molecule has 2 bridgehead atoms. The van der Waals surface area contributed by atoms with Crippen LogP contribution in [-0.4, -0.2) is 17.1 Å². The number of fused-ring (bicyclic) bond motifs is 3. The van der Waals surface area contributed by atoms with Crippen molar-refractivity contribution in [3.05, 3.63) is 59.9 Å². The minimum absolute atomic E-state index is 0.180. The molecule has 122 valence electrons. The van der Waals surface area contributed by atoms with Gasteiger partial charge in [0.05, 0.1) is 0 Å². The molecule has 2 N–H and O–H groups in total. The van der Waals surface area contributed by atoms with Crippen molar-refractivity contribution in [2.24, 2.45) is 0 Å². The summed E-state index contributed by atoms with van der Waals surface area (Å²) >= 11 is 0. The molecular formula is C21H21FN2. The number of benzene rings is 2. The van der Waals surface area contributed by atoms with E-state index < -0.39 is 0 Å². The highest BCUT2D eigenvalue weighted by molar-refractivity contribution is 5.91. The lowest BCUT2D eigenvalue weighted by atomic mass is 9.83. The minimum atomic E-state index is -0.180. The molecule has 24 heavy (non-hydrogen) atoms. The fraction of sp³-hybridized carbons (Fsp3) is 0.333. The highest BCUT2D eigenvalue weighted by Gasteiger charge is 2.36. The molecule has 0 aliphatic carbocycles. The molecule has 2 aromatic carbocycles. The number of H-pyrrole nitrogens is 1. The van der Waals surface area contributed by atoms with Crippen molar-refractivity contribution in [3.8, 4) is 11.3 Å². The Morgan fingerprint density at radius 1 is 0.917 bits per heavy atom. The average Bonchev–Trinajstić information content (AvgIpc) is 3.15. The molecule has 2 atom stereocenters. The Hall–Kier alpha value is -2.13. The molecule has 2 nitrogen and oxygen atoms in total. The molecule has 0 radical (unpaired) electrons. The normalized spacial score (nSPS) is 26.1. The van der Waals surface area contributed by atoms with Gasteiger partial charge >= 0.3 is 0 Å². The van der Waals surface area contributed by atoms with E-state index in [1.54, 1.807) is 12.1 Å². The highest BCUT2D eigenvalue weighted by atomic mass is 19.1. The summed E-state index contributed by atoms with van der Waals surface area (Å²) in [6, 6.07) is 16.9. The molecule has 2 fully saturated rings. The number of hydrogen-bond acceptors (Lipinski definition) is 1. The first-order chi connectivity index (χ1) is 11.8. The summed E-state index contributed by atoms with van der Waals surface area (Å²) in [6.45, 7) is 0. The van der Waals surface area contributed by atoms with Crippen LogP contribution in [0, 0.1) is 5.82 Å². The van der Waals surface area contributed by atoms with Gasteiger partial charge in [-0.05, 0) is 60.9 Å². The lowest BCUT2D eigenvalue weighted by Crippen LogP contribution is -2.37. The van der Waals surface area contributed by atoms with Crippen molar-refractivity contribution in [1.82, 2.24) is 10.3 Å². The Kier molecular flexibility index (Phi) is 3.23. The zero-order valence-corrected chi connectivity index (χ0v) is 13.6. The summed E-state index contributed by atoms with van der Waals surface area (Å²) in [6.07, 6.45) is 4.94. The van der Waals surface area contributed by atoms with Crippen LogP contribution in [-0.2, 0) is 0 Å². The molecule has 2 unspecified atom stereocenters. The van der Waals surface area contributed by atoms with Gasteiger partial charge in [-0.25, -0.2) is 4.39 Å². The van der Waals surface area contributed by atoms with Crippen molar-refractivity contribution >= 4 is 10.9 Å². The van der Waals surface area contributed by atoms with Crippen LogP contribution in [0.4, 0.5) is 4.39 Å². The molecule has 3 heterocycles. The lowest BCUT2D eigenvalue weighted by Gasteiger charge is -2.30. The lowest BCUT2D eigenvalue weighted by molar-refractivity contribution is 0.365. The second kappa shape index (κ2) is 5.45. The van der Waals surface area contributed by atoms with E-state index in [0.29, 0.717) is 18.0 Å². The third-order valence-electron chi connectivity index (χ3n) is 5.74. The van der Waals surface area contributed by atoms with Crippen LogP contribution < -0.4 is 5.32 Å². The number of halogens is 1. The summed E-state index contributed by atoms with van der Waals surface area (Å²) in [4.78, 5) is 3.51. The van der Waals surface area contributed by atoms with Crippen LogP contribution in [0.3, 0.4) is 0 Å². The van der Waals surface area contributed by atoms with E-state index >= 15 is 0 Å². The van der Waals surface area contributed by atoms with Crippen LogP contribution in [0.15, 0.2) is 48.5 Å². The van der Waals surface area contributed by atoms with Gasteiger partial charge in [-0.2, -0.15) is 0 Å². The number of piperidine rings is 1. The molecule has 3 aromatic rings. The van der Waals surface area contributed by atoms with Crippen LogP contribution in [0.2, 0.25) is 0 Å². The molecule has 5 rings (SSSR count). The van der Waals surface area contributed by atoms with Crippen LogP contribution in [0.5, 0.6) is 0 Å². The summed E-state index contributed by atoms with van der Waals surface area (Å²) < 4.78 is 13.7. The maximum atomic E-state index is 13.7. The maximum Gasteiger partial charge on any atom is 0.125 e. The Balaban J connectivity index is 1.70. The van der Waals surface area contributed by atoms with Gasteiger partial charge in [0.2, 0.25) is 0 Å². The Morgan fingerprint density at radius 3 is 2.42 bits per heavy atom. The molecule has 1 aromatic heterocycles. The molecule has 2 saturated heterocycles. The quantitative estimate of drug-likeness (QED) is 0.685. The van der Waals surface area contributed by atoms with E-state index in [-0.39, 0.29) is 5.82 Å². The van der Waals surface area contributed by atoms with Crippen molar-refractivity contribution in [2.45, 2.75) is 43.7 Å². The van der Waals surface area contributed by atoms with Gasteiger partial charge in [0.25, 0.3) is 0 Å². The van der Waals surface area contributed by atoms with E-state index in [4.69, 9.17) is 0 Å². The Morgan fingerprint density at radius 2 is 1.67 bits per heavy atom. The van der Waals surface area contributed by atoms with E-state index in [9.17, 15) is 4.39 Å². The van der Waals surface area contributed by atoms with Crippen molar-refractivity contribution in [3.63, 3.8) is 0 Å². The zero-order chi connectivity index (χ0) is 16.1. The zero-order valence-electron chi connectivity index (χ0n) is 13.6. The topological polar surface area (TPSA) is 27.8 Å². The van der Waals surface area contributed by atoms with E-state index in [1.165, 1.54) is 47.9 Å². The molecule has 0 spiro atoms. The summed E-state index contributed by atoms with van der Waals surface area (Å²) in [7, 11) is 0. The summed E-state index contributed by atoms with van der Waals surface area (Å²) in [5, 5.41) is 4.91. The highest BCUT2D eigenvalue weighted by Crippen LogP contribution is 2.44. The predicted octanol–water partition coefficient (Wildman–Crippen LogP) is 4.97. The SMILES string of the molecule is Fc1ccc2c(C3CC4CCC(C3)N4)c(-c3ccccc3)[nH]c2c1. The minimum Gasteiger partial charge on any atom is -0.354 e. The van der Waals surface area contributed by atoms with Gasteiger partial charge in [0.15, 0.2) is 0 Å². The molecule has 2 aliphatic heterocycles. The smallest absolute Gasteiger partial charge is 0.125 e. The third kappa shape index (κ3) is 2.27. The van der Waals surface area contributed by atoms with Gasteiger partial charge < -0.3 is 10.3 Å². The summed E-state index contributed by atoms with van der Waals surface area (Å²) in [5.74, 6) is 0.360. The Labute approximate surface area is 141 Å². The first-order valence-corrected chi connectivity index (χ1v) is 8.90. The Bertz CT molecular complexity index is 871. The van der Waals surface area contributed by atoms with Crippen LogP contribution in [0.1, 0.15) is 37.2 Å². The average molecular weight is 320 g/mol. The van der Waals surface area contributed by atoms with Gasteiger partial charge in [0, 0.05) is 28.7 Å². The molecule has 2 aliphatic rings. The number of nitrogens with one attached hydrogen (secondary N) is 2. The van der Waals surface area contributed by atoms with E-state index in [0.717, 1.165) is 5.52 Å². The van der Waals surface area contributed by atoms with Crippen molar-refractivity contribution < 1.29 is 4.39 Å². The number of hydrogen-bond donors (Lipinski definition) is 2. The fourth-order valence-electron chi connectivity index (χ4n) is 4.74. The van der Waals surface area contributed by atoms with Gasteiger partial charge in [-0.15, -0.1) is 0 Å². The molecular weight excluding hydrogens is 299 g/mol.